The van der Waals surface area contributed by atoms with Gasteiger partial charge < -0.3 is 19.7 Å². The second-order valence-electron chi connectivity index (χ2n) is 6.77. The van der Waals surface area contributed by atoms with Crippen LogP contribution in [0.3, 0.4) is 0 Å². The summed E-state index contributed by atoms with van der Waals surface area (Å²) in [7, 11) is 0. The molecule has 7 nitrogen and oxygen atoms in total. The van der Waals surface area contributed by atoms with Gasteiger partial charge >= 0.3 is 0 Å². The van der Waals surface area contributed by atoms with E-state index in [1.807, 2.05) is 13.0 Å². The minimum Gasteiger partial charge on any atom is -0.356 e. The molecule has 2 aromatic rings. The van der Waals surface area contributed by atoms with Gasteiger partial charge in [-0.3, -0.25) is 4.79 Å². The zero-order chi connectivity index (χ0) is 18.9. The van der Waals surface area contributed by atoms with Crippen LogP contribution in [0.4, 0.5) is 11.5 Å². The average molecular weight is 389 g/mol. The number of anilines is 2. The highest BCUT2D eigenvalue weighted by molar-refractivity contribution is 6.31. The molecule has 0 unspecified atom stereocenters. The summed E-state index contributed by atoms with van der Waals surface area (Å²) in [6.07, 6.45) is 2.97. The van der Waals surface area contributed by atoms with Gasteiger partial charge in [0, 0.05) is 42.7 Å². The Hall–Kier alpha value is -2.22. The van der Waals surface area contributed by atoms with Crippen LogP contribution >= 0.6 is 11.6 Å². The van der Waals surface area contributed by atoms with Crippen LogP contribution in [-0.2, 0) is 9.47 Å². The number of rotatable bonds is 3. The predicted octanol–water partition coefficient (Wildman–Crippen LogP) is 3.03. The number of hydrogen-bond donors (Lipinski definition) is 1. The van der Waals surface area contributed by atoms with Crippen LogP contribution in [0.1, 0.15) is 28.9 Å². The van der Waals surface area contributed by atoms with E-state index in [4.69, 9.17) is 21.1 Å². The zero-order valence-electron chi connectivity index (χ0n) is 15.1. The topological polar surface area (TPSA) is 76.6 Å². The summed E-state index contributed by atoms with van der Waals surface area (Å²) < 4.78 is 11.5. The number of ether oxygens (including phenoxy) is 2. The van der Waals surface area contributed by atoms with Crippen molar-refractivity contribution in [3.63, 3.8) is 0 Å². The molecule has 0 aliphatic carbocycles. The molecule has 2 saturated heterocycles. The van der Waals surface area contributed by atoms with Gasteiger partial charge in [0.2, 0.25) is 0 Å². The third-order valence-corrected chi connectivity index (χ3v) is 5.23. The Labute approximate surface area is 162 Å². The van der Waals surface area contributed by atoms with E-state index in [1.54, 1.807) is 18.2 Å². The Bertz CT molecular complexity index is 845. The molecular weight excluding hydrogens is 368 g/mol. The Kier molecular flexibility index (Phi) is 4.99. The van der Waals surface area contributed by atoms with Crippen LogP contribution in [-0.4, -0.2) is 48.0 Å². The van der Waals surface area contributed by atoms with Crippen molar-refractivity contribution in [3.05, 3.63) is 46.9 Å². The number of carbonyl (C=O) groups excluding carboxylic acids is 1. The standard InChI is InChI=1S/C19H21ClN4O3/c1-13-2-3-14(20)10-15(13)23-18(25)16-11-17(22-12-21-16)24-6-4-19(5-7-24)26-8-9-27-19/h2-3,10-12H,4-9H2,1H3,(H,23,25). The molecule has 2 aliphatic heterocycles. The fourth-order valence-electron chi connectivity index (χ4n) is 3.42. The minimum absolute atomic E-state index is 0.292. The first-order chi connectivity index (χ1) is 13.0. The highest BCUT2D eigenvalue weighted by Crippen LogP contribution is 2.32. The third kappa shape index (κ3) is 3.90. The van der Waals surface area contributed by atoms with E-state index < -0.39 is 5.79 Å². The summed E-state index contributed by atoms with van der Waals surface area (Å²) >= 11 is 6.02. The number of hydrogen-bond acceptors (Lipinski definition) is 6. The maximum Gasteiger partial charge on any atom is 0.274 e. The highest BCUT2D eigenvalue weighted by Gasteiger charge is 2.40. The molecule has 1 aromatic carbocycles. The molecule has 27 heavy (non-hydrogen) atoms. The van der Waals surface area contributed by atoms with E-state index in [9.17, 15) is 4.79 Å². The van der Waals surface area contributed by atoms with Crippen LogP contribution in [0.2, 0.25) is 5.02 Å². The van der Waals surface area contributed by atoms with Crippen molar-refractivity contribution in [1.82, 2.24) is 9.97 Å². The van der Waals surface area contributed by atoms with E-state index in [2.05, 4.69) is 20.2 Å². The van der Waals surface area contributed by atoms with Crippen LogP contribution in [0, 0.1) is 6.92 Å². The van der Waals surface area contributed by atoms with Gasteiger partial charge in [-0.2, -0.15) is 0 Å². The average Bonchev–Trinajstić information content (AvgIpc) is 3.13. The predicted molar refractivity (Wildman–Crippen MR) is 102 cm³/mol. The molecule has 2 fully saturated rings. The molecule has 142 valence electrons. The van der Waals surface area contributed by atoms with Crippen LogP contribution in [0.15, 0.2) is 30.6 Å². The molecule has 1 N–H and O–H groups in total. The van der Waals surface area contributed by atoms with E-state index in [1.165, 1.54) is 6.33 Å². The number of carbonyl (C=O) groups is 1. The Morgan fingerprint density at radius 1 is 1.19 bits per heavy atom. The number of aromatic nitrogens is 2. The number of benzene rings is 1. The summed E-state index contributed by atoms with van der Waals surface area (Å²) in [5.74, 6) is -0.000770. The molecule has 1 aromatic heterocycles. The Balaban J connectivity index is 1.46. The quantitative estimate of drug-likeness (QED) is 0.870. The van der Waals surface area contributed by atoms with Gasteiger partial charge in [0.15, 0.2) is 5.79 Å². The summed E-state index contributed by atoms with van der Waals surface area (Å²) in [4.78, 5) is 23.2. The van der Waals surface area contributed by atoms with Gasteiger partial charge in [0.1, 0.15) is 17.8 Å². The lowest BCUT2D eigenvalue weighted by Gasteiger charge is -2.38. The van der Waals surface area contributed by atoms with Crippen molar-refractivity contribution < 1.29 is 14.3 Å². The monoisotopic (exact) mass is 388 g/mol. The number of halogens is 1. The fraction of sp³-hybridized carbons (Fsp3) is 0.421. The summed E-state index contributed by atoms with van der Waals surface area (Å²) in [5.41, 5.74) is 1.91. The summed E-state index contributed by atoms with van der Waals surface area (Å²) in [6, 6.07) is 7.09. The molecule has 4 rings (SSSR count). The van der Waals surface area contributed by atoms with Crippen LogP contribution < -0.4 is 10.2 Å². The van der Waals surface area contributed by atoms with E-state index >= 15 is 0 Å². The summed E-state index contributed by atoms with van der Waals surface area (Å²) in [6.45, 7) is 4.73. The zero-order valence-corrected chi connectivity index (χ0v) is 15.8. The number of aryl methyl sites for hydroxylation is 1. The van der Waals surface area contributed by atoms with Gasteiger partial charge in [-0.25, -0.2) is 9.97 Å². The van der Waals surface area contributed by atoms with Gasteiger partial charge in [-0.1, -0.05) is 17.7 Å². The minimum atomic E-state index is -0.437. The molecule has 3 heterocycles. The van der Waals surface area contributed by atoms with Crippen LogP contribution in [0.5, 0.6) is 0 Å². The molecule has 1 spiro atoms. The fourth-order valence-corrected chi connectivity index (χ4v) is 3.59. The van der Waals surface area contributed by atoms with Crippen molar-refractivity contribution >= 4 is 29.0 Å². The normalized spacial score (nSPS) is 18.7. The molecule has 0 atom stereocenters. The Morgan fingerprint density at radius 3 is 2.67 bits per heavy atom. The van der Waals surface area contributed by atoms with E-state index in [0.717, 1.165) is 37.3 Å². The second kappa shape index (κ2) is 7.42. The number of nitrogens with one attached hydrogen (secondary N) is 1. The molecule has 0 radical (unpaired) electrons. The maximum absolute atomic E-state index is 12.6. The first-order valence-corrected chi connectivity index (χ1v) is 9.35. The van der Waals surface area contributed by atoms with Crippen molar-refractivity contribution in [2.24, 2.45) is 0 Å². The molecular formula is C19H21ClN4O3. The van der Waals surface area contributed by atoms with Crippen molar-refractivity contribution in [3.8, 4) is 0 Å². The smallest absolute Gasteiger partial charge is 0.274 e. The lowest BCUT2D eigenvalue weighted by atomic mass is 10.0. The van der Waals surface area contributed by atoms with Crippen LogP contribution in [0.25, 0.3) is 0 Å². The van der Waals surface area contributed by atoms with Gasteiger partial charge in [-0.05, 0) is 24.6 Å². The lowest BCUT2D eigenvalue weighted by molar-refractivity contribution is -0.169. The largest absolute Gasteiger partial charge is 0.356 e. The molecule has 0 saturated carbocycles. The SMILES string of the molecule is Cc1ccc(Cl)cc1NC(=O)c1cc(N2CCC3(CC2)OCCO3)ncn1. The lowest BCUT2D eigenvalue weighted by Crippen LogP contribution is -2.45. The molecule has 0 bridgehead atoms. The number of piperidine rings is 1. The highest BCUT2D eigenvalue weighted by atomic mass is 35.5. The van der Waals surface area contributed by atoms with Gasteiger partial charge in [0.05, 0.1) is 13.2 Å². The van der Waals surface area contributed by atoms with Crippen molar-refractivity contribution in [1.29, 1.82) is 0 Å². The van der Waals surface area contributed by atoms with Gasteiger partial charge in [-0.15, -0.1) is 0 Å². The van der Waals surface area contributed by atoms with Crippen molar-refractivity contribution in [2.45, 2.75) is 25.6 Å². The molecule has 8 heteroatoms. The second-order valence-corrected chi connectivity index (χ2v) is 7.21. The van der Waals surface area contributed by atoms with Gasteiger partial charge in [0.25, 0.3) is 5.91 Å². The first kappa shape index (κ1) is 18.2. The number of nitrogens with zero attached hydrogens (tertiary/aromatic N) is 3. The molecule has 1 amide bonds. The van der Waals surface area contributed by atoms with E-state index in [0.29, 0.717) is 29.6 Å². The maximum atomic E-state index is 12.6. The summed E-state index contributed by atoms with van der Waals surface area (Å²) in [5, 5.41) is 3.43. The van der Waals surface area contributed by atoms with Crippen molar-refractivity contribution in [2.75, 3.05) is 36.5 Å². The number of amides is 1. The molecule has 2 aliphatic rings. The Morgan fingerprint density at radius 2 is 1.93 bits per heavy atom. The third-order valence-electron chi connectivity index (χ3n) is 5.00. The first-order valence-electron chi connectivity index (χ1n) is 8.97. The van der Waals surface area contributed by atoms with E-state index in [-0.39, 0.29) is 5.91 Å².